The van der Waals surface area contributed by atoms with Crippen LogP contribution in [0.4, 0.5) is 0 Å². The van der Waals surface area contributed by atoms with Crippen LogP contribution >= 0.6 is 0 Å². The SMILES string of the molecule is C=C1C(C#N)=C(c2ccccc2)c2ccccc21. The van der Waals surface area contributed by atoms with Gasteiger partial charge in [0.25, 0.3) is 0 Å². The van der Waals surface area contributed by atoms with Crippen molar-refractivity contribution in [2.75, 3.05) is 0 Å². The highest BCUT2D eigenvalue weighted by molar-refractivity contribution is 6.06. The van der Waals surface area contributed by atoms with Crippen LogP contribution in [0, 0.1) is 11.3 Å². The van der Waals surface area contributed by atoms with Crippen LogP contribution < -0.4 is 0 Å². The van der Waals surface area contributed by atoms with E-state index in [0.29, 0.717) is 5.57 Å². The molecule has 0 bridgehead atoms. The quantitative estimate of drug-likeness (QED) is 0.724. The smallest absolute Gasteiger partial charge is 0.100 e. The van der Waals surface area contributed by atoms with Gasteiger partial charge in [0.1, 0.15) is 6.07 Å². The molecule has 3 rings (SSSR count). The van der Waals surface area contributed by atoms with Crippen LogP contribution in [0.25, 0.3) is 11.1 Å². The first kappa shape index (κ1) is 10.6. The topological polar surface area (TPSA) is 23.8 Å². The zero-order chi connectivity index (χ0) is 12.5. The summed E-state index contributed by atoms with van der Waals surface area (Å²) in [5, 5.41) is 9.37. The third kappa shape index (κ3) is 1.40. The Morgan fingerprint density at radius 2 is 1.44 bits per heavy atom. The fourth-order valence-corrected chi connectivity index (χ4v) is 2.41. The summed E-state index contributed by atoms with van der Waals surface area (Å²) in [5.74, 6) is 0. The molecule has 2 aromatic rings. The third-order valence-electron chi connectivity index (χ3n) is 3.25. The molecule has 0 N–H and O–H groups in total. The van der Waals surface area contributed by atoms with E-state index >= 15 is 0 Å². The van der Waals surface area contributed by atoms with E-state index in [1.54, 1.807) is 0 Å². The van der Waals surface area contributed by atoms with Crippen molar-refractivity contribution >= 4 is 11.1 Å². The lowest BCUT2D eigenvalue weighted by molar-refractivity contribution is 1.51. The molecule has 0 radical (unpaired) electrons. The predicted octanol–water partition coefficient (Wildman–Crippen LogP) is 4.04. The Kier molecular flexibility index (Phi) is 2.35. The van der Waals surface area contributed by atoms with E-state index in [1.807, 2.05) is 54.6 Å². The first-order valence-electron chi connectivity index (χ1n) is 5.82. The van der Waals surface area contributed by atoms with Crippen LogP contribution in [0.15, 0.2) is 66.7 Å². The van der Waals surface area contributed by atoms with Crippen molar-refractivity contribution in [3.05, 3.63) is 83.4 Å². The molecule has 0 spiro atoms. The van der Waals surface area contributed by atoms with E-state index in [2.05, 4.69) is 12.6 Å². The summed E-state index contributed by atoms with van der Waals surface area (Å²) in [6.45, 7) is 4.04. The predicted molar refractivity (Wildman–Crippen MR) is 73.6 cm³/mol. The Hall–Kier alpha value is -2.59. The number of fused-ring (bicyclic) bond motifs is 1. The van der Waals surface area contributed by atoms with E-state index in [-0.39, 0.29) is 0 Å². The van der Waals surface area contributed by atoms with Gasteiger partial charge in [0, 0.05) is 5.57 Å². The standard InChI is InChI=1S/C17H11N/c1-12-14-9-5-6-10-15(14)17(16(12)11-18)13-7-3-2-4-8-13/h2-10H,1H2. The molecule has 2 aromatic carbocycles. The first-order chi connectivity index (χ1) is 8.83. The average Bonchev–Trinajstić information content (AvgIpc) is 2.73. The van der Waals surface area contributed by atoms with Crippen molar-refractivity contribution in [1.82, 2.24) is 0 Å². The number of rotatable bonds is 1. The Morgan fingerprint density at radius 3 is 2.11 bits per heavy atom. The summed E-state index contributed by atoms with van der Waals surface area (Å²) in [6.07, 6.45) is 0. The lowest BCUT2D eigenvalue weighted by atomic mass is 9.98. The van der Waals surface area contributed by atoms with Gasteiger partial charge in [-0.3, -0.25) is 0 Å². The minimum absolute atomic E-state index is 0.683. The molecule has 0 saturated carbocycles. The zero-order valence-corrected chi connectivity index (χ0v) is 9.85. The van der Waals surface area contributed by atoms with E-state index in [9.17, 15) is 5.26 Å². The minimum Gasteiger partial charge on any atom is -0.192 e. The summed E-state index contributed by atoms with van der Waals surface area (Å²) in [6, 6.07) is 20.3. The fraction of sp³-hybridized carbons (Fsp3) is 0. The van der Waals surface area contributed by atoms with Gasteiger partial charge in [-0.25, -0.2) is 0 Å². The molecule has 1 nitrogen and oxygen atoms in total. The van der Waals surface area contributed by atoms with E-state index in [0.717, 1.165) is 27.8 Å². The van der Waals surface area contributed by atoms with Gasteiger partial charge >= 0.3 is 0 Å². The highest BCUT2D eigenvalue weighted by atomic mass is 14.3. The number of hydrogen-bond acceptors (Lipinski definition) is 1. The highest BCUT2D eigenvalue weighted by Gasteiger charge is 2.25. The molecule has 0 aliphatic heterocycles. The number of hydrogen-bond donors (Lipinski definition) is 0. The van der Waals surface area contributed by atoms with Gasteiger partial charge in [0.15, 0.2) is 0 Å². The lowest BCUT2D eigenvalue weighted by Crippen LogP contribution is -1.86. The number of benzene rings is 2. The van der Waals surface area contributed by atoms with Gasteiger partial charge in [-0.1, -0.05) is 61.2 Å². The highest BCUT2D eigenvalue weighted by Crippen LogP contribution is 2.42. The summed E-state index contributed by atoms with van der Waals surface area (Å²) in [4.78, 5) is 0. The monoisotopic (exact) mass is 229 g/mol. The summed E-state index contributed by atoms with van der Waals surface area (Å²) < 4.78 is 0. The molecule has 1 heteroatoms. The molecule has 0 saturated heterocycles. The molecule has 0 heterocycles. The Morgan fingerprint density at radius 1 is 0.833 bits per heavy atom. The van der Waals surface area contributed by atoms with Crippen LogP contribution in [0.2, 0.25) is 0 Å². The molecule has 84 valence electrons. The third-order valence-corrected chi connectivity index (χ3v) is 3.25. The number of allylic oxidation sites excluding steroid dienone is 2. The Bertz CT molecular complexity index is 700. The lowest BCUT2D eigenvalue weighted by Gasteiger charge is -2.05. The molecule has 1 aliphatic rings. The van der Waals surface area contributed by atoms with Crippen molar-refractivity contribution < 1.29 is 0 Å². The maximum atomic E-state index is 9.37. The molecule has 0 atom stereocenters. The Labute approximate surface area is 106 Å². The van der Waals surface area contributed by atoms with Gasteiger partial charge < -0.3 is 0 Å². The van der Waals surface area contributed by atoms with Crippen LogP contribution in [0.1, 0.15) is 16.7 Å². The van der Waals surface area contributed by atoms with Crippen molar-refractivity contribution in [3.8, 4) is 6.07 Å². The van der Waals surface area contributed by atoms with Crippen molar-refractivity contribution in [1.29, 1.82) is 5.26 Å². The van der Waals surface area contributed by atoms with E-state index < -0.39 is 0 Å². The van der Waals surface area contributed by atoms with Gasteiger partial charge in [-0.05, 0) is 22.3 Å². The fourth-order valence-electron chi connectivity index (χ4n) is 2.41. The minimum atomic E-state index is 0.683. The molecule has 1 aliphatic carbocycles. The second kappa shape index (κ2) is 4.01. The van der Waals surface area contributed by atoms with Gasteiger partial charge in [0.2, 0.25) is 0 Å². The van der Waals surface area contributed by atoms with E-state index in [1.165, 1.54) is 0 Å². The largest absolute Gasteiger partial charge is 0.192 e. The summed E-state index contributed by atoms with van der Waals surface area (Å²) in [7, 11) is 0. The van der Waals surface area contributed by atoms with Gasteiger partial charge in [-0.15, -0.1) is 0 Å². The molecular weight excluding hydrogens is 218 g/mol. The second-order valence-electron chi connectivity index (χ2n) is 4.25. The zero-order valence-electron chi connectivity index (χ0n) is 9.85. The molecule has 0 fully saturated rings. The maximum absolute atomic E-state index is 9.37. The maximum Gasteiger partial charge on any atom is 0.100 e. The van der Waals surface area contributed by atoms with Crippen LogP contribution in [-0.2, 0) is 0 Å². The van der Waals surface area contributed by atoms with Gasteiger partial charge in [-0.2, -0.15) is 5.26 Å². The van der Waals surface area contributed by atoms with Crippen LogP contribution in [0.5, 0.6) is 0 Å². The van der Waals surface area contributed by atoms with Gasteiger partial charge in [0.05, 0.1) is 5.57 Å². The summed E-state index contributed by atoms with van der Waals surface area (Å²) in [5.41, 5.74) is 5.74. The van der Waals surface area contributed by atoms with Crippen molar-refractivity contribution in [2.45, 2.75) is 0 Å². The van der Waals surface area contributed by atoms with Crippen molar-refractivity contribution in [3.63, 3.8) is 0 Å². The number of nitrogens with zero attached hydrogens (tertiary/aromatic N) is 1. The number of nitriles is 1. The molecule has 18 heavy (non-hydrogen) atoms. The first-order valence-corrected chi connectivity index (χ1v) is 5.82. The summed E-state index contributed by atoms with van der Waals surface area (Å²) >= 11 is 0. The molecule has 0 amide bonds. The second-order valence-corrected chi connectivity index (χ2v) is 4.25. The Balaban J connectivity index is 2.32. The van der Waals surface area contributed by atoms with Crippen LogP contribution in [-0.4, -0.2) is 0 Å². The van der Waals surface area contributed by atoms with Crippen molar-refractivity contribution in [2.24, 2.45) is 0 Å². The van der Waals surface area contributed by atoms with Crippen LogP contribution in [0.3, 0.4) is 0 Å². The normalized spacial score (nSPS) is 13.4. The molecular formula is C17H11N. The average molecular weight is 229 g/mol. The molecule has 0 aromatic heterocycles. The molecule has 0 unspecified atom stereocenters. The van der Waals surface area contributed by atoms with E-state index in [4.69, 9.17) is 0 Å².